The van der Waals surface area contributed by atoms with Gasteiger partial charge in [-0.3, -0.25) is 9.59 Å². The fourth-order valence-corrected chi connectivity index (χ4v) is 2.81. The van der Waals surface area contributed by atoms with Gasteiger partial charge in [-0.25, -0.2) is 0 Å². The van der Waals surface area contributed by atoms with Crippen molar-refractivity contribution in [1.29, 1.82) is 0 Å². The first-order valence-electron chi connectivity index (χ1n) is 7.98. The van der Waals surface area contributed by atoms with E-state index in [-0.39, 0.29) is 24.8 Å². The summed E-state index contributed by atoms with van der Waals surface area (Å²) < 4.78 is 5.42. The van der Waals surface area contributed by atoms with Crippen molar-refractivity contribution in [3.05, 3.63) is 54.1 Å². The van der Waals surface area contributed by atoms with E-state index >= 15 is 0 Å². The first kappa shape index (κ1) is 16.1. The topological polar surface area (TPSA) is 49.9 Å². The number of amides is 2. The minimum Gasteiger partial charge on any atom is -0.482 e. The van der Waals surface area contributed by atoms with Crippen molar-refractivity contribution in [2.24, 2.45) is 0 Å². The molecule has 0 spiro atoms. The monoisotopic (exact) mass is 324 g/mol. The summed E-state index contributed by atoms with van der Waals surface area (Å²) in [6.45, 7) is 2.62. The Kier molecular flexibility index (Phi) is 4.51. The van der Waals surface area contributed by atoms with Crippen LogP contribution in [0.4, 0.5) is 11.4 Å². The molecule has 2 aromatic rings. The molecule has 0 unspecified atom stereocenters. The first-order valence-corrected chi connectivity index (χ1v) is 7.98. The third kappa shape index (κ3) is 3.11. The zero-order valence-electron chi connectivity index (χ0n) is 13.9. The predicted octanol–water partition coefficient (Wildman–Crippen LogP) is 2.64. The van der Waals surface area contributed by atoms with Crippen LogP contribution in [0.5, 0.6) is 5.75 Å². The maximum Gasteiger partial charge on any atom is 0.264 e. The number of rotatable bonds is 4. The number of fused-ring (bicyclic) bond motifs is 1. The van der Waals surface area contributed by atoms with Gasteiger partial charge in [0, 0.05) is 19.3 Å². The average molecular weight is 324 g/mol. The molecule has 5 nitrogen and oxygen atoms in total. The first-order chi connectivity index (χ1) is 11.6. The molecule has 0 atom stereocenters. The molecular formula is C19H20N2O3. The highest BCUT2D eigenvalue weighted by Gasteiger charge is 2.23. The van der Waals surface area contributed by atoms with Crippen molar-refractivity contribution >= 4 is 23.2 Å². The molecule has 0 aliphatic carbocycles. The second kappa shape index (κ2) is 6.74. The van der Waals surface area contributed by atoms with E-state index in [4.69, 9.17) is 4.74 Å². The number of para-hydroxylation sites is 1. The second-order valence-electron chi connectivity index (χ2n) is 5.69. The summed E-state index contributed by atoms with van der Waals surface area (Å²) in [4.78, 5) is 27.8. The van der Waals surface area contributed by atoms with Gasteiger partial charge in [0.15, 0.2) is 6.61 Å². The highest BCUT2D eigenvalue weighted by atomic mass is 16.5. The number of carbonyl (C=O) groups excluding carboxylic acids is 2. The van der Waals surface area contributed by atoms with E-state index in [9.17, 15) is 9.59 Å². The van der Waals surface area contributed by atoms with Crippen LogP contribution in [-0.2, 0) is 16.0 Å². The van der Waals surface area contributed by atoms with Crippen LogP contribution < -0.4 is 14.5 Å². The summed E-state index contributed by atoms with van der Waals surface area (Å²) in [5.41, 5.74) is 2.45. The van der Waals surface area contributed by atoms with Crippen LogP contribution in [0.1, 0.15) is 12.5 Å². The van der Waals surface area contributed by atoms with Crippen LogP contribution in [0.2, 0.25) is 0 Å². The number of nitrogens with zero attached hydrogens (tertiary/aromatic N) is 2. The zero-order valence-corrected chi connectivity index (χ0v) is 13.9. The molecule has 0 bridgehead atoms. The van der Waals surface area contributed by atoms with Gasteiger partial charge in [0.1, 0.15) is 5.75 Å². The van der Waals surface area contributed by atoms with Gasteiger partial charge in [-0.2, -0.15) is 0 Å². The lowest BCUT2D eigenvalue weighted by Crippen LogP contribution is -2.35. The molecule has 5 heteroatoms. The molecule has 0 N–H and O–H groups in total. The fourth-order valence-electron chi connectivity index (χ4n) is 2.81. The Hall–Kier alpha value is -2.82. The summed E-state index contributed by atoms with van der Waals surface area (Å²) in [6, 6.07) is 15.2. The Morgan fingerprint density at radius 2 is 1.96 bits per heavy atom. The van der Waals surface area contributed by atoms with Crippen molar-refractivity contribution in [1.82, 2.24) is 0 Å². The van der Waals surface area contributed by atoms with Gasteiger partial charge < -0.3 is 14.5 Å². The molecule has 2 aromatic carbocycles. The number of ether oxygens (including phenoxy) is 1. The summed E-state index contributed by atoms with van der Waals surface area (Å²) >= 11 is 0. The predicted molar refractivity (Wildman–Crippen MR) is 93.5 cm³/mol. The molecule has 1 aliphatic heterocycles. The molecule has 1 aliphatic rings. The summed E-state index contributed by atoms with van der Waals surface area (Å²) in [5, 5.41) is 0. The second-order valence-corrected chi connectivity index (χ2v) is 5.69. The van der Waals surface area contributed by atoms with Crippen molar-refractivity contribution in [2.75, 3.05) is 30.0 Å². The molecule has 24 heavy (non-hydrogen) atoms. The van der Waals surface area contributed by atoms with Gasteiger partial charge in [-0.05, 0) is 36.8 Å². The molecule has 0 aromatic heterocycles. The van der Waals surface area contributed by atoms with Crippen LogP contribution in [0, 0.1) is 0 Å². The van der Waals surface area contributed by atoms with Gasteiger partial charge in [0.05, 0.1) is 12.1 Å². The van der Waals surface area contributed by atoms with Crippen molar-refractivity contribution < 1.29 is 14.3 Å². The van der Waals surface area contributed by atoms with E-state index in [1.807, 2.05) is 55.5 Å². The van der Waals surface area contributed by atoms with Crippen molar-refractivity contribution in [3.8, 4) is 5.75 Å². The highest BCUT2D eigenvalue weighted by Crippen LogP contribution is 2.32. The fraction of sp³-hybridized carbons (Fsp3) is 0.263. The molecule has 0 radical (unpaired) electrons. The Morgan fingerprint density at radius 1 is 1.21 bits per heavy atom. The van der Waals surface area contributed by atoms with E-state index in [0.29, 0.717) is 18.0 Å². The zero-order chi connectivity index (χ0) is 17.1. The van der Waals surface area contributed by atoms with Crippen LogP contribution in [0.25, 0.3) is 0 Å². The molecule has 0 fully saturated rings. The smallest absolute Gasteiger partial charge is 0.264 e. The lowest BCUT2D eigenvalue weighted by Gasteiger charge is -2.26. The van der Waals surface area contributed by atoms with E-state index in [2.05, 4.69) is 0 Å². The number of carbonyl (C=O) groups is 2. The Bertz CT molecular complexity index is 758. The molecule has 1 heterocycles. The van der Waals surface area contributed by atoms with Gasteiger partial charge >= 0.3 is 0 Å². The van der Waals surface area contributed by atoms with Gasteiger partial charge in [0.25, 0.3) is 5.91 Å². The number of anilines is 2. The quantitative estimate of drug-likeness (QED) is 0.869. The lowest BCUT2D eigenvalue weighted by molar-refractivity contribution is -0.121. The molecule has 2 amide bonds. The van der Waals surface area contributed by atoms with E-state index in [1.54, 1.807) is 16.8 Å². The van der Waals surface area contributed by atoms with Crippen LogP contribution >= 0.6 is 0 Å². The number of hydrogen-bond acceptors (Lipinski definition) is 3. The molecule has 0 saturated heterocycles. The third-order valence-corrected chi connectivity index (χ3v) is 4.15. The SMILES string of the molecule is CCN(C(=O)Cc1ccc2c(c1)N(C)C(=O)CO2)c1ccccc1. The molecule has 3 rings (SSSR count). The average Bonchev–Trinajstić information content (AvgIpc) is 2.60. The van der Waals surface area contributed by atoms with Gasteiger partial charge in [0.2, 0.25) is 5.91 Å². The van der Waals surface area contributed by atoms with Crippen molar-refractivity contribution in [3.63, 3.8) is 0 Å². The lowest BCUT2D eigenvalue weighted by atomic mass is 10.1. The Morgan fingerprint density at radius 3 is 2.67 bits per heavy atom. The molecule has 124 valence electrons. The van der Waals surface area contributed by atoms with Crippen LogP contribution in [0.3, 0.4) is 0 Å². The van der Waals surface area contributed by atoms with Crippen LogP contribution in [0.15, 0.2) is 48.5 Å². The van der Waals surface area contributed by atoms with E-state index in [1.165, 1.54) is 0 Å². The molecular weight excluding hydrogens is 304 g/mol. The van der Waals surface area contributed by atoms with Gasteiger partial charge in [-0.1, -0.05) is 24.3 Å². The standard InChI is InChI=1S/C19H20N2O3/c1-3-21(15-7-5-4-6-8-15)18(22)12-14-9-10-17-16(11-14)20(2)19(23)13-24-17/h4-11H,3,12-13H2,1-2H3. The third-order valence-electron chi connectivity index (χ3n) is 4.15. The number of likely N-dealkylation sites (N-methyl/N-ethyl adjacent to an activating group) is 2. The largest absolute Gasteiger partial charge is 0.482 e. The molecule has 0 saturated carbocycles. The van der Waals surface area contributed by atoms with Crippen molar-refractivity contribution in [2.45, 2.75) is 13.3 Å². The number of hydrogen-bond donors (Lipinski definition) is 0. The summed E-state index contributed by atoms with van der Waals surface area (Å²) in [7, 11) is 1.72. The number of benzene rings is 2. The highest BCUT2D eigenvalue weighted by molar-refractivity contribution is 5.98. The van der Waals surface area contributed by atoms with Crippen LogP contribution in [-0.4, -0.2) is 32.0 Å². The maximum atomic E-state index is 12.7. The summed E-state index contributed by atoms with van der Waals surface area (Å²) in [6.07, 6.45) is 0.276. The van der Waals surface area contributed by atoms with Gasteiger partial charge in [-0.15, -0.1) is 0 Å². The maximum absolute atomic E-state index is 12.7. The Labute approximate surface area is 141 Å². The minimum atomic E-state index is -0.0922. The van der Waals surface area contributed by atoms with E-state index < -0.39 is 0 Å². The minimum absolute atomic E-state index is 0.0226. The Balaban J connectivity index is 1.81. The van der Waals surface area contributed by atoms with E-state index in [0.717, 1.165) is 11.3 Å². The summed E-state index contributed by atoms with van der Waals surface area (Å²) in [5.74, 6) is 0.600. The normalized spacial score (nSPS) is 13.2.